The third-order valence-corrected chi connectivity index (χ3v) is 2.77. The molecule has 19 heavy (non-hydrogen) atoms. The molecule has 6 heteroatoms. The summed E-state index contributed by atoms with van der Waals surface area (Å²) < 4.78 is 20.2. The van der Waals surface area contributed by atoms with Crippen molar-refractivity contribution >= 4 is 23.2 Å². The fourth-order valence-electron chi connectivity index (χ4n) is 1.76. The number of aromatic nitrogens is 2. The number of imidazole rings is 1. The number of hydrogen-bond acceptors (Lipinski definition) is 3. The minimum atomic E-state index is -0.387. The van der Waals surface area contributed by atoms with Crippen molar-refractivity contribution in [3.05, 3.63) is 40.9 Å². The molecule has 0 atom stereocenters. The molecule has 2 aromatic rings. The van der Waals surface area contributed by atoms with E-state index in [0.29, 0.717) is 29.8 Å². The molecule has 0 aliphatic carbocycles. The van der Waals surface area contributed by atoms with Gasteiger partial charge in [0.2, 0.25) is 5.95 Å². The van der Waals surface area contributed by atoms with Crippen LogP contribution in [-0.4, -0.2) is 23.3 Å². The molecule has 4 nitrogen and oxygen atoms in total. The van der Waals surface area contributed by atoms with Crippen LogP contribution in [0.15, 0.2) is 24.4 Å². The van der Waals surface area contributed by atoms with Crippen molar-refractivity contribution in [2.45, 2.75) is 13.5 Å². The van der Waals surface area contributed by atoms with Gasteiger partial charge in [-0.15, -0.1) is 0 Å². The fraction of sp³-hybridized carbons (Fsp3) is 0.308. The van der Waals surface area contributed by atoms with Crippen molar-refractivity contribution in [2.24, 2.45) is 0 Å². The van der Waals surface area contributed by atoms with E-state index in [2.05, 4.69) is 10.3 Å². The quantitative estimate of drug-likeness (QED) is 0.914. The van der Waals surface area contributed by atoms with Gasteiger partial charge in [-0.05, 0) is 25.1 Å². The SMILES string of the molecule is COCCn1cc(C)nc1Nc1cc(F)cc(Cl)c1. The number of halogens is 2. The Bertz CT molecular complexity index is 551. The van der Waals surface area contributed by atoms with E-state index in [1.165, 1.54) is 12.1 Å². The summed E-state index contributed by atoms with van der Waals surface area (Å²) in [5.74, 6) is 0.248. The number of methoxy groups -OCH3 is 1. The Balaban J connectivity index is 2.22. The lowest BCUT2D eigenvalue weighted by Gasteiger charge is -2.09. The fourth-order valence-corrected chi connectivity index (χ4v) is 1.98. The van der Waals surface area contributed by atoms with Gasteiger partial charge >= 0.3 is 0 Å². The van der Waals surface area contributed by atoms with Crippen molar-refractivity contribution in [1.29, 1.82) is 0 Å². The van der Waals surface area contributed by atoms with Crippen LogP contribution in [0.4, 0.5) is 16.0 Å². The van der Waals surface area contributed by atoms with Gasteiger partial charge in [-0.1, -0.05) is 11.6 Å². The summed E-state index contributed by atoms with van der Waals surface area (Å²) in [5.41, 5.74) is 1.44. The summed E-state index contributed by atoms with van der Waals surface area (Å²) in [4.78, 5) is 4.35. The number of benzene rings is 1. The Morgan fingerprint density at radius 1 is 1.42 bits per heavy atom. The summed E-state index contributed by atoms with van der Waals surface area (Å²) in [7, 11) is 1.64. The van der Waals surface area contributed by atoms with Crippen LogP contribution in [0.1, 0.15) is 5.69 Å². The van der Waals surface area contributed by atoms with Gasteiger partial charge < -0.3 is 14.6 Å². The van der Waals surface area contributed by atoms with E-state index in [1.807, 2.05) is 17.7 Å². The molecule has 1 aromatic carbocycles. The number of nitrogens with one attached hydrogen (secondary N) is 1. The molecule has 102 valence electrons. The van der Waals surface area contributed by atoms with Gasteiger partial charge in [0.25, 0.3) is 0 Å². The number of rotatable bonds is 5. The van der Waals surface area contributed by atoms with E-state index >= 15 is 0 Å². The molecule has 0 bridgehead atoms. The van der Waals surface area contributed by atoms with Crippen LogP contribution in [0.2, 0.25) is 5.02 Å². The smallest absolute Gasteiger partial charge is 0.207 e. The van der Waals surface area contributed by atoms with Crippen molar-refractivity contribution in [1.82, 2.24) is 9.55 Å². The van der Waals surface area contributed by atoms with Gasteiger partial charge in [-0.25, -0.2) is 9.37 Å². The maximum absolute atomic E-state index is 13.3. The molecule has 0 aliphatic rings. The first-order valence-electron chi connectivity index (χ1n) is 5.84. The molecular formula is C13H15ClFN3O. The largest absolute Gasteiger partial charge is 0.383 e. The lowest BCUT2D eigenvalue weighted by atomic mass is 10.3. The molecule has 2 rings (SSSR count). The third kappa shape index (κ3) is 3.68. The van der Waals surface area contributed by atoms with Crippen LogP contribution in [0.3, 0.4) is 0 Å². The highest BCUT2D eigenvalue weighted by molar-refractivity contribution is 6.30. The van der Waals surface area contributed by atoms with Crippen LogP contribution >= 0.6 is 11.6 Å². The molecule has 0 spiro atoms. The van der Waals surface area contributed by atoms with Gasteiger partial charge in [-0.2, -0.15) is 0 Å². The predicted octanol–water partition coefficient (Wildman–Crippen LogP) is 3.37. The van der Waals surface area contributed by atoms with Crippen molar-refractivity contribution in [2.75, 3.05) is 19.0 Å². The maximum atomic E-state index is 13.3. The molecule has 0 saturated heterocycles. The molecule has 0 radical (unpaired) electrons. The second-order valence-corrected chi connectivity index (χ2v) is 4.61. The minimum Gasteiger partial charge on any atom is -0.383 e. The van der Waals surface area contributed by atoms with E-state index in [9.17, 15) is 4.39 Å². The van der Waals surface area contributed by atoms with Crippen LogP contribution in [-0.2, 0) is 11.3 Å². The highest BCUT2D eigenvalue weighted by Gasteiger charge is 2.07. The summed E-state index contributed by atoms with van der Waals surface area (Å²) in [5, 5.41) is 3.40. The lowest BCUT2D eigenvalue weighted by Crippen LogP contribution is -2.07. The lowest BCUT2D eigenvalue weighted by molar-refractivity contribution is 0.188. The van der Waals surface area contributed by atoms with Crippen LogP contribution in [0.25, 0.3) is 0 Å². The number of nitrogens with zero attached hydrogens (tertiary/aromatic N) is 2. The molecular weight excluding hydrogens is 269 g/mol. The van der Waals surface area contributed by atoms with Crippen molar-refractivity contribution < 1.29 is 9.13 Å². The van der Waals surface area contributed by atoms with E-state index in [1.54, 1.807) is 13.2 Å². The Kier molecular flexibility index (Phi) is 4.39. The summed E-state index contributed by atoms with van der Waals surface area (Å²) in [6.07, 6.45) is 1.91. The van der Waals surface area contributed by atoms with E-state index in [4.69, 9.17) is 16.3 Å². The number of anilines is 2. The predicted molar refractivity (Wildman–Crippen MR) is 73.5 cm³/mol. The number of aryl methyl sites for hydroxylation is 1. The second-order valence-electron chi connectivity index (χ2n) is 4.18. The van der Waals surface area contributed by atoms with Crippen LogP contribution < -0.4 is 5.32 Å². The average molecular weight is 284 g/mol. The molecule has 0 fully saturated rings. The number of ether oxygens (including phenoxy) is 1. The second kappa shape index (κ2) is 6.04. The van der Waals surface area contributed by atoms with Gasteiger partial charge in [-0.3, -0.25) is 0 Å². The Labute approximate surface area is 116 Å². The zero-order chi connectivity index (χ0) is 13.8. The molecule has 0 aliphatic heterocycles. The number of hydrogen-bond donors (Lipinski definition) is 1. The highest BCUT2D eigenvalue weighted by atomic mass is 35.5. The summed E-state index contributed by atoms with van der Waals surface area (Å²) >= 11 is 5.82. The van der Waals surface area contributed by atoms with E-state index in [-0.39, 0.29) is 5.82 Å². The minimum absolute atomic E-state index is 0.342. The molecule has 1 N–H and O–H groups in total. The Hall–Kier alpha value is -1.59. The monoisotopic (exact) mass is 283 g/mol. The summed E-state index contributed by atoms with van der Waals surface area (Å²) in [6.45, 7) is 3.14. The van der Waals surface area contributed by atoms with Crippen LogP contribution in [0, 0.1) is 12.7 Å². The molecule has 1 aromatic heterocycles. The normalized spacial score (nSPS) is 10.7. The third-order valence-electron chi connectivity index (χ3n) is 2.55. The first kappa shape index (κ1) is 13.8. The molecule has 1 heterocycles. The van der Waals surface area contributed by atoms with Gasteiger partial charge in [0.05, 0.1) is 12.3 Å². The summed E-state index contributed by atoms with van der Waals surface area (Å²) in [6, 6.07) is 4.28. The molecule has 0 saturated carbocycles. The van der Waals surface area contributed by atoms with Crippen LogP contribution in [0.5, 0.6) is 0 Å². The molecule has 0 unspecified atom stereocenters. The zero-order valence-electron chi connectivity index (χ0n) is 10.8. The van der Waals surface area contributed by atoms with Crippen molar-refractivity contribution in [3.8, 4) is 0 Å². The first-order chi connectivity index (χ1) is 9.08. The molecule has 0 amide bonds. The Morgan fingerprint density at radius 3 is 2.89 bits per heavy atom. The van der Waals surface area contributed by atoms with Gasteiger partial charge in [0.1, 0.15) is 5.82 Å². The topological polar surface area (TPSA) is 39.1 Å². The first-order valence-corrected chi connectivity index (χ1v) is 6.22. The van der Waals surface area contributed by atoms with Crippen molar-refractivity contribution in [3.63, 3.8) is 0 Å². The zero-order valence-corrected chi connectivity index (χ0v) is 11.5. The highest BCUT2D eigenvalue weighted by Crippen LogP contribution is 2.21. The van der Waals surface area contributed by atoms with Gasteiger partial charge in [0.15, 0.2) is 0 Å². The van der Waals surface area contributed by atoms with Gasteiger partial charge in [0, 0.05) is 30.6 Å². The maximum Gasteiger partial charge on any atom is 0.207 e. The average Bonchev–Trinajstić information content (AvgIpc) is 2.65. The van der Waals surface area contributed by atoms with E-state index in [0.717, 1.165) is 5.69 Å². The Morgan fingerprint density at radius 2 is 2.21 bits per heavy atom. The standard InChI is InChI=1S/C13H15ClFN3O/c1-9-8-18(3-4-19-2)13(16-9)17-12-6-10(14)5-11(15)7-12/h5-8H,3-4H2,1-2H3,(H,16,17). The van der Waals surface area contributed by atoms with E-state index < -0.39 is 0 Å².